The largest absolute Gasteiger partial charge is 0.373 e. The highest BCUT2D eigenvalue weighted by Gasteiger charge is 2.15. The highest BCUT2D eigenvalue weighted by atomic mass is 35.5. The van der Waals surface area contributed by atoms with Gasteiger partial charge in [-0.2, -0.15) is 0 Å². The van der Waals surface area contributed by atoms with Gasteiger partial charge in [-0.05, 0) is 31.2 Å². The molecule has 0 aliphatic heterocycles. The lowest BCUT2D eigenvalue weighted by atomic mass is 10.3. The van der Waals surface area contributed by atoms with Gasteiger partial charge in [0.25, 0.3) is 0 Å². The molecule has 2 aromatic heterocycles. The molecule has 1 atom stereocenters. The fourth-order valence-electron chi connectivity index (χ4n) is 2.34. The second-order valence-corrected chi connectivity index (χ2v) is 5.08. The first-order valence-corrected chi connectivity index (χ1v) is 6.83. The molecule has 0 bridgehead atoms. The molecule has 0 spiro atoms. The average molecular weight is 287 g/mol. The number of rotatable bonds is 3. The molecule has 2 heterocycles. The minimum absolute atomic E-state index is 0.0362. The van der Waals surface area contributed by atoms with E-state index >= 15 is 0 Å². The monoisotopic (exact) mass is 286 g/mol. The fraction of sp³-hybridized carbons (Fsp3) is 0.200. The van der Waals surface area contributed by atoms with Crippen LogP contribution in [0.4, 0.5) is 5.69 Å². The molecular weight excluding hydrogens is 272 g/mol. The minimum atomic E-state index is 0.0362. The van der Waals surface area contributed by atoms with Gasteiger partial charge < -0.3 is 9.88 Å². The third-order valence-corrected chi connectivity index (χ3v) is 3.64. The first kappa shape index (κ1) is 12.9. The Bertz CT molecular complexity index is 750. The Balaban J connectivity index is 1.95. The SMILES string of the molecule is CC(Nc1cccnc1Cl)c1nc2ccccc2n1C. The van der Waals surface area contributed by atoms with Crippen LogP contribution < -0.4 is 5.32 Å². The number of nitrogens with zero attached hydrogens (tertiary/aromatic N) is 3. The number of anilines is 1. The van der Waals surface area contributed by atoms with E-state index in [4.69, 9.17) is 11.6 Å². The van der Waals surface area contributed by atoms with Gasteiger partial charge in [0, 0.05) is 13.2 Å². The molecule has 0 radical (unpaired) electrons. The number of pyridine rings is 1. The van der Waals surface area contributed by atoms with E-state index in [1.54, 1.807) is 6.20 Å². The molecular formula is C15H15ClN4. The Morgan fingerprint density at radius 1 is 1.20 bits per heavy atom. The molecule has 0 amide bonds. The van der Waals surface area contributed by atoms with Crippen LogP contribution in [-0.4, -0.2) is 14.5 Å². The van der Waals surface area contributed by atoms with Crippen molar-refractivity contribution in [1.29, 1.82) is 0 Å². The minimum Gasteiger partial charge on any atom is -0.373 e. The summed E-state index contributed by atoms with van der Waals surface area (Å²) in [6.07, 6.45) is 1.67. The molecule has 0 aliphatic rings. The zero-order valence-corrected chi connectivity index (χ0v) is 12.1. The van der Waals surface area contributed by atoms with Crippen molar-refractivity contribution in [3.05, 3.63) is 53.6 Å². The number of aromatic nitrogens is 3. The van der Waals surface area contributed by atoms with Gasteiger partial charge in [-0.15, -0.1) is 0 Å². The summed E-state index contributed by atoms with van der Waals surface area (Å²) in [5.74, 6) is 0.964. The molecule has 3 rings (SSSR count). The Labute approximate surface area is 122 Å². The van der Waals surface area contributed by atoms with E-state index in [1.165, 1.54) is 0 Å². The van der Waals surface area contributed by atoms with Crippen molar-refractivity contribution in [2.24, 2.45) is 7.05 Å². The van der Waals surface area contributed by atoms with Crippen LogP contribution >= 0.6 is 11.6 Å². The van der Waals surface area contributed by atoms with Crippen molar-refractivity contribution in [3.8, 4) is 0 Å². The normalized spacial score (nSPS) is 12.6. The maximum Gasteiger partial charge on any atom is 0.152 e. The number of halogens is 1. The maximum absolute atomic E-state index is 6.07. The van der Waals surface area contributed by atoms with Gasteiger partial charge in [-0.1, -0.05) is 23.7 Å². The van der Waals surface area contributed by atoms with Crippen molar-refractivity contribution in [2.75, 3.05) is 5.32 Å². The second-order valence-electron chi connectivity index (χ2n) is 4.73. The molecule has 1 aromatic carbocycles. The van der Waals surface area contributed by atoms with Crippen molar-refractivity contribution in [1.82, 2.24) is 14.5 Å². The third-order valence-electron chi connectivity index (χ3n) is 3.34. The summed E-state index contributed by atoms with van der Waals surface area (Å²) >= 11 is 6.07. The van der Waals surface area contributed by atoms with E-state index in [0.29, 0.717) is 5.15 Å². The third kappa shape index (κ3) is 2.23. The van der Waals surface area contributed by atoms with Gasteiger partial charge in [-0.3, -0.25) is 0 Å². The number of imidazole rings is 1. The Hall–Kier alpha value is -2.07. The van der Waals surface area contributed by atoms with Crippen molar-refractivity contribution in [3.63, 3.8) is 0 Å². The van der Waals surface area contributed by atoms with E-state index in [2.05, 4.69) is 32.8 Å². The van der Waals surface area contributed by atoms with Gasteiger partial charge in [0.15, 0.2) is 5.15 Å². The lowest BCUT2D eigenvalue weighted by Gasteiger charge is -2.15. The lowest BCUT2D eigenvalue weighted by molar-refractivity contribution is 0.733. The molecule has 0 saturated carbocycles. The van der Waals surface area contributed by atoms with Crippen molar-refractivity contribution >= 4 is 28.3 Å². The topological polar surface area (TPSA) is 42.7 Å². The van der Waals surface area contributed by atoms with Gasteiger partial charge in [0.1, 0.15) is 5.82 Å². The average Bonchev–Trinajstić information content (AvgIpc) is 2.79. The quantitative estimate of drug-likeness (QED) is 0.745. The number of benzene rings is 1. The number of nitrogens with one attached hydrogen (secondary N) is 1. The number of hydrogen-bond donors (Lipinski definition) is 1. The highest BCUT2D eigenvalue weighted by molar-refractivity contribution is 6.31. The van der Waals surface area contributed by atoms with Crippen LogP contribution in [0, 0.1) is 0 Å². The van der Waals surface area contributed by atoms with Crippen LogP contribution in [0.25, 0.3) is 11.0 Å². The summed E-state index contributed by atoms with van der Waals surface area (Å²) < 4.78 is 2.09. The molecule has 1 unspecified atom stereocenters. The first-order chi connectivity index (χ1) is 9.66. The summed E-state index contributed by atoms with van der Waals surface area (Å²) in [7, 11) is 2.02. The van der Waals surface area contributed by atoms with E-state index in [-0.39, 0.29) is 6.04 Å². The van der Waals surface area contributed by atoms with E-state index in [1.807, 2.05) is 37.4 Å². The van der Waals surface area contributed by atoms with Crippen LogP contribution in [0.2, 0.25) is 5.15 Å². The molecule has 5 heteroatoms. The molecule has 1 N–H and O–H groups in total. The molecule has 3 aromatic rings. The summed E-state index contributed by atoms with van der Waals surface area (Å²) in [5, 5.41) is 3.82. The molecule has 0 fully saturated rings. The zero-order valence-electron chi connectivity index (χ0n) is 11.3. The predicted molar refractivity (Wildman–Crippen MR) is 82.0 cm³/mol. The Morgan fingerprint density at radius 3 is 2.75 bits per heavy atom. The smallest absolute Gasteiger partial charge is 0.152 e. The number of aryl methyl sites for hydroxylation is 1. The van der Waals surface area contributed by atoms with Gasteiger partial charge in [0.05, 0.1) is 22.8 Å². The Morgan fingerprint density at radius 2 is 2.00 bits per heavy atom. The summed E-state index contributed by atoms with van der Waals surface area (Å²) in [5.41, 5.74) is 2.93. The van der Waals surface area contributed by atoms with E-state index in [0.717, 1.165) is 22.5 Å². The van der Waals surface area contributed by atoms with Crippen LogP contribution in [0.5, 0.6) is 0 Å². The molecule has 0 saturated heterocycles. The number of para-hydroxylation sites is 2. The highest BCUT2D eigenvalue weighted by Crippen LogP contribution is 2.25. The van der Waals surface area contributed by atoms with Gasteiger partial charge in [-0.25, -0.2) is 9.97 Å². The van der Waals surface area contributed by atoms with Gasteiger partial charge in [0.2, 0.25) is 0 Å². The van der Waals surface area contributed by atoms with Crippen molar-refractivity contribution < 1.29 is 0 Å². The molecule has 102 valence electrons. The van der Waals surface area contributed by atoms with Crippen LogP contribution in [0.1, 0.15) is 18.8 Å². The summed E-state index contributed by atoms with van der Waals surface area (Å²) in [6, 6.07) is 11.9. The number of fused-ring (bicyclic) bond motifs is 1. The van der Waals surface area contributed by atoms with E-state index in [9.17, 15) is 0 Å². The van der Waals surface area contributed by atoms with E-state index < -0.39 is 0 Å². The predicted octanol–water partition coefficient (Wildman–Crippen LogP) is 3.79. The number of hydrogen-bond acceptors (Lipinski definition) is 3. The maximum atomic E-state index is 6.07. The molecule has 0 aliphatic carbocycles. The molecule has 4 nitrogen and oxygen atoms in total. The fourth-order valence-corrected chi connectivity index (χ4v) is 2.52. The standard InChI is InChI=1S/C15H15ClN4/c1-10(18-12-7-5-9-17-14(12)16)15-19-11-6-3-4-8-13(11)20(15)2/h3-10,18H,1-2H3. The van der Waals surface area contributed by atoms with Gasteiger partial charge >= 0.3 is 0 Å². The van der Waals surface area contributed by atoms with Crippen molar-refractivity contribution in [2.45, 2.75) is 13.0 Å². The van der Waals surface area contributed by atoms with Crippen LogP contribution in [-0.2, 0) is 7.05 Å². The first-order valence-electron chi connectivity index (χ1n) is 6.45. The zero-order chi connectivity index (χ0) is 14.1. The summed E-state index contributed by atoms with van der Waals surface area (Å²) in [6.45, 7) is 2.06. The van der Waals surface area contributed by atoms with Crippen LogP contribution in [0.15, 0.2) is 42.6 Å². The molecule has 20 heavy (non-hydrogen) atoms. The summed E-state index contributed by atoms with van der Waals surface area (Å²) in [4.78, 5) is 8.74. The lowest BCUT2D eigenvalue weighted by Crippen LogP contribution is -2.12. The second kappa shape index (κ2) is 5.13. The Kier molecular flexibility index (Phi) is 3.32. The van der Waals surface area contributed by atoms with Crippen LogP contribution in [0.3, 0.4) is 0 Å².